The van der Waals surface area contributed by atoms with Crippen molar-refractivity contribution in [3.05, 3.63) is 35.4 Å². The maximum Gasteiger partial charge on any atom is 0.0446 e. The second-order valence-corrected chi connectivity index (χ2v) is 6.51. The molecule has 0 bridgehead atoms. The van der Waals surface area contributed by atoms with Crippen molar-refractivity contribution < 1.29 is 0 Å². The molecular weight excluding hydrogens is 256 g/mol. The molecule has 2 heteroatoms. The summed E-state index contributed by atoms with van der Waals surface area (Å²) < 4.78 is 0. The van der Waals surface area contributed by atoms with E-state index in [9.17, 15) is 0 Å². The summed E-state index contributed by atoms with van der Waals surface area (Å²) in [6, 6.07) is 9.68. The van der Waals surface area contributed by atoms with Crippen LogP contribution in [0.15, 0.2) is 24.3 Å². The minimum absolute atomic E-state index is 0.455. The SMILES string of the molecule is CCCc1ccc(C(CN2CCCC(CC)C2)NC)cc1. The van der Waals surface area contributed by atoms with Gasteiger partial charge in [0.25, 0.3) is 0 Å². The van der Waals surface area contributed by atoms with E-state index in [2.05, 4.69) is 55.4 Å². The van der Waals surface area contributed by atoms with Crippen molar-refractivity contribution in [2.75, 3.05) is 26.7 Å². The minimum Gasteiger partial charge on any atom is -0.312 e. The first-order chi connectivity index (χ1) is 10.3. The minimum atomic E-state index is 0.455. The molecule has 1 aromatic carbocycles. The molecule has 2 nitrogen and oxygen atoms in total. The van der Waals surface area contributed by atoms with Crippen molar-refractivity contribution in [3.63, 3.8) is 0 Å². The van der Waals surface area contributed by atoms with Gasteiger partial charge in [0.15, 0.2) is 0 Å². The Balaban J connectivity index is 1.95. The van der Waals surface area contributed by atoms with Crippen LogP contribution < -0.4 is 5.32 Å². The molecule has 0 radical (unpaired) electrons. The lowest BCUT2D eigenvalue weighted by atomic mass is 9.94. The van der Waals surface area contributed by atoms with Gasteiger partial charge in [-0.05, 0) is 49.9 Å². The monoisotopic (exact) mass is 288 g/mol. The molecule has 1 aliphatic heterocycles. The van der Waals surface area contributed by atoms with Gasteiger partial charge >= 0.3 is 0 Å². The average Bonchev–Trinajstić information content (AvgIpc) is 2.54. The molecular formula is C19H32N2. The van der Waals surface area contributed by atoms with Gasteiger partial charge in [-0.15, -0.1) is 0 Å². The Morgan fingerprint density at radius 1 is 1.24 bits per heavy atom. The summed E-state index contributed by atoms with van der Waals surface area (Å²) in [6.07, 6.45) is 6.52. The summed E-state index contributed by atoms with van der Waals surface area (Å²) in [4.78, 5) is 2.65. The van der Waals surface area contributed by atoms with Crippen molar-refractivity contribution in [3.8, 4) is 0 Å². The number of hydrogen-bond acceptors (Lipinski definition) is 2. The Bertz CT molecular complexity index is 399. The van der Waals surface area contributed by atoms with E-state index >= 15 is 0 Å². The van der Waals surface area contributed by atoms with Crippen LogP contribution in [0.3, 0.4) is 0 Å². The second kappa shape index (κ2) is 8.55. The highest BCUT2D eigenvalue weighted by atomic mass is 15.2. The molecule has 1 aliphatic rings. The Morgan fingerprint density at radius 3 is 2.62 bits per heavy atom. The van der Waals surface area contributed by atoms with Crippen LogP contribution in [0.2, 0.25) is 0 Å². The van der Waals surface area contributed by atoms with Crippen LogP contribution >= 0.6 is 0 Å². The van der Waals surface area contributed by atoms with Gasteiger partial charge in [0.2, 0.25) is 0 Å². The molecule has 21 heavy (non-hydrogen) atoms. The van der Waals surface area contributed by atoms with Crippen molar-refractivity contribution in [1.29, 1.82) is 0 Å². The van der Waals surface area contributed by atoms with Crippen LogP contribution in [0, 0.1) is 5.92 Å². The van der Waals surface area contributed by atoms with Crippen LogP contribution in [-0.2, 0) is 6.42 Å². The zero-order valence-electron chi connectivity index (χ0n) is 14.1. The third-order valence-corrected chi connectivity index (χ3v) is 4.89. The van der Waals surface area contributed by atoms with Gasteiger partial charge in [0.05, 0.1) is 0 Å². The first-order valence-corrected chi connectivity index (χ1v) is 8.75. The van der Waals surface area contributed by atoms with E-state index in [0.717, 1.165) is 12.5 Å². The zero-order chi connectivity index (χ0) is 15.1. The fourth-order valence-corrected chi connectivity index (χ4v) is 3.48. The van der Waals surface area contributed by atoms with E-state index in [-0.39, 0.29) is 0 Å². The third-order valence-electron chi connectivity index (χ3n) is 4.89. The molecule has 1 N–H and O–H groups in total. The van der Waals surface area contributed by atoms with Crippen LogP contribution in [0.5, 0.6) is 0 Å². The Morgan fingerprint density at radius 2 is 2.00 bits per heavy atom. The number of likely N-dealkylation sites (N-methyl/N-ethyl adjacent to an activating group) is 1. The van der Waals surface area contributed by atoms with Gasteiger partial charge in [-0.3, -0.25) is 0 Å². The van der Waals surface area contributed by atoms with E-state index in [0.29, 0.717) is 6.04 Å². The predicted octanol–water partition coefficient (Wildman–Crippen LogP) is 4.02. The molecule has 1 saturated heterocycles. The molecule has 2 atom stereocenters. The van der Waals surface area contributed by atoms with Gasteiger partial charge in [0.1, 0.15) is 0 Å². The molecule has 1 heterocycles. The fourth-order valence-electron chi connectivity index (χ4n) is 3.48. The number of nitrogens with one attached hydrogen (secondary N) is 1. The molecule has 2 unspecified atom stereocenters. The van der Waals surface area contributed by atoms with E-state index in [1.165, 1.54) is 56.3 Å². The highest BCUT2D eigenvalue weighted by Crippen LogP contribution is 2.22. The smallest absolute Gasteiger partial charge is 0.0446 e. The van der Waals surface area contributed by atoms with Crippen LogP contribution in [0.1, 0.15) is 56.7 Å². The van der Waals surface area contributed by atoms with Gasteiger partial charge in [-0.25, -0.2) is 0 Å². The van der Waals surface area contributed by atoms with Gasteiger partial charge < -0.3 is 10.2 Å². The number of hydrogen-bond donors (Lipinski definition) is 1. The fraction of sp³-hybridized carbons (Fsp3) is 0.684. The van der Waals surface area contributed by atoms with Gasteiger partial charge in [0, 0.05) is 19.1 Å². The molecule has 118 valence electrons. The normalized spacial score (nSPS) is 21.4. The number of nitrogens with zero attached hydrogens (tertiary/aromatic N) is 1. The third kappa shape index (κ3) is 4.82. The Hall–Kier alpha value is -0.860. The number of rotatable bonds is 7. The summed E-state index contributed by atoms with van der Waals surface area (Å²) in [5.74, 6) is 0.906. The quantitative estimate of drug-likeness (QED) is 0.815. The molecule has 0 spiro atoms. The number of likely N-dealkylation sites (tertiary alicyclic amines) is 1. The predicted molar refractivity (Wildman–Crippen MR) is 91.7 cm³/mol. The lowest BCUT2D eigenvalue weighted by Gasteiger charge is -2.34. The maximum atomic E-state index is 3.51. The van der Waals surface area contributed by atoms with Crippen LogP contribution in [0.25, 0.3) is 0 Å². The molecule has 0 amide bonds. The zero-order valence-corrected chi connectivity index (χ0v) is 14.1. The van der Waals surface area contributed by atoms with E-state index in [1.807, 2.05) is 0 Å². The largest absolute Gasteiger partial charge is 0.312 e. The Labute approximate surface area is 130 Å². The van der Waals surface area contributed by atoms with E-state index in [4.69, 9.17) is 0 Å². The Kier molecular flexibility index (Phi) is 6.72. The number of piperidine rings is 1. The standard InChI is InChI=1S/C19H32N2/c1-4-7-17-9-11-18(12-10-17)19(20-3)15-21-13-6-8-16(5-2)14-21/h9-12,16,19-20H,4-8,13-15H2,1-3H3. The summed E-state index contributed by atoms with van der Waals surface area (Å²) in [6.45, 7) is 8.26. The highest BCUT2D eigenvalue weighted by Gasteiger charge is 2.21. The second-order valence-electron chi connectivity index (χ2n) is 6.51. The summed E-state index contributed by atoms with van der Waals surface area (Å²) in [7, 11) is 2.09. The first-order valence-electron chi connectivity index (χ1n) is 8.75. The van der Waals surface area contributed by atoms with Gasteiger partial charge in [-0.1, -0.05) is 51.0 Å². The average molecular weight is 288 g/mol. The summed E-state index contributed by atoms with van der Waals surface area (Å²) in [5, 5.41) is 3.51. The van der Waals surface area contributed by atoms with Crippen molar-refractivity contribution in [2.45, 2.75) is 52.0 Å². The number of aryl methyl sites for hydroxylation is 1. The van der Waals surface area contributed by atoms with E-state index < -0.39 is 0 Å². The highest BCUT2D eigenvalue weighted by molar-refractivity contribution is 5.25. The molecule has 0 aliphatic carbocycles. The molecule has 0 saturated carbocycles. The number of benzene rings is 1. The first kappa shape index (κ1) is 16.5. The van der Waals surface area contributed by atoms with E-state index in [1.54, 1.807) is 0 Å². The van der Waals surface area contributed by atoms with Crippen LogP contribution in [-0.4, -0.2) is 31.6 Å². The summed E-state index contributed by atoms with van der Waals surface area (Å²) in [5.41, 5.74) is 2.89. The topological polar surface area (TPSA) is 15.3 Å². The van der Waals surface area contributed by atoms with Gasteiger partial charge in [-0.2, -0.15) is 0 Å². The molecule has 2 rings (SSSR count). The molecule has 1 fully saturated rings. The van der Waals surface area contributed by atoms with Crippen LogP contribution in [0.4, 0.5) is 0 Å². The van der Waals surface area contributed by atoms with Crippen molar-refractivity contribution >= 4 is 0 Å². The maximum absolute atomic E-state index is 3.51. The lowest BCUT2D eigenvalue weighted by molar-refractivity contribution is 0.158. The summed E-state index contributed by atoms with van der Waals surface area (Å²) >= 11 is 0. The van der Waals surface area contributed by atoms with Crippen molar-refractivity contribution in [2.24, 2.45) is 5.92 Å². The molecule has 1 aromatic rings. The van der Waals surface area contributed by atoms with Crippen molar-refractivity contribution in [1.82, 2.24) is 10.2 Å². The lowest BCUT2D eigenvalue weighted by Crippen LogP contribution is -2.40. The molecule has 0 aromatic heterocycles.